The number of benzene rings is 1. The lowest BCUT2D eigenvalue weighted by Gasteiger charge is -2.18. The predicted molar refractivity (Wildman–Crippen MR) is 132 cm³/mol. The van der Waals surface area contributed by atoms with Gasteiger partial charge in [0.1, 0.15) is 11.6 Å². The van der Waals surface area contributed by atoms with Gasteiger partial charge in [0.05, 0.1) is 19.4 Å². The first-order valence-corrected chi connectivity index (χ1v) is 11.5. The number of amides is 2. The van der Waals surface area contributed by atoms with Gasteiger partial charge in [-0.25, -0.2) is 14.6 Å². The van der Waals surface area contributed by atoms with Gasteiger partial charge in [-0.3, -0.25) is 4.90 Å². The number of unbranched alkanes of at least 4 members (excludes halogenated alkanes) is 3. The largest absolute Gasteiger partial charge is 0.493 e. The normalized spacial score (nSPS) is 10.8. The minimum Gasteiger partial charge on any atom is -0.493 e. The summed E-state index contributed by atoms with van der Waals surface area (Å²) in [7, 11) is 3.05. The fraction of sp³-hybridized carbons (Fsp3) is 0.423. The van der Waals surface area contributed by atoms with Gasteiger partial charge in [-0.2, -0.15) is 0 Å². The van der Waals surface area contributed by atoms with Gasteiger partial charge in [-0.15, -0.1) is 0 Å². The van der Waals surface area contributed by atoms with Crippen LogP contribution >= 0.6 is 0 Å². The molecule has 2 amide bonds. The molecule has 33 heavy (non-hydrogen) atoms. The molecule has 0 unspecified atom stereocenters. The fourth-order valence-electron chi connectivity index (χ4n) is 3.09. The average molecular weight is 454 g/mol. The Bertz CT molecular complexity index is 943. The number of methoxy groups -OCH3 is 1. The van der Waals surface area contributed by atoms with Crippen LogP contribution in [-0.4, -0.2) is 44.3 Å². The van der Waals surface area contributed by atoms with Crippen molar-refractivity contribution in [3.8, 4) is 17.0 Å². The Kier molecular flexibility index (Phi) is 10.9. The molecule has 1 heterocycles. The van der Waals surface area contributed by atoms with Gasteiger partial charge < -0.3 is 14.8 Å². The monoisotopic (exact) mass is 453 g/mol. The van der Waals surface area contributed by atoms with Crippen molar-refractivity contribution in [2.75, 3.05) is 32.2 Å². The molecule has 2 aromatic rings. The van der Waals surface area contributed by atoms with Gasteiger partial charge in [-0.1, -0.05) is 45.2 Å². The second-order valence-corrected chi connectivity index (χ2v) is 7.69. The van der Waals surface area contributed by atoms with Crippen LogP contribution in [0.5, 0.6) is 5.75 Å². The molecule has 7 nitrogen and oxygen atoms in total. The van der Waals surface area contributed by atoms with Crippen molar-refractivity contribution >= 4 is 23.9 Å². The summed E-state index contributed by atoms with van der Waals surface area (Å²) in [5.41, 5.74) is 2.34. The van der Waals surface area contributed by atoms with Gasteiger partial charge in [0.15, 0.2) is 0 Å². The summed E-state index contributed by atoms with van der Waals surface area (Å²) in [5.74, 6) is 0.805. The molecular formula is C26H35N3O4. The number of esters is 1. The van der Waals surface area contributed by atoms with Crippen LogP contribution in [-0.2, 0) is 9.53 Å². The molecule has 0 saturated carbocycles. The fourth-order valence-corrected chi connectivity index (χ4v) is 3.09. The smallest absolute Gasteiger partial charge is 0.330 e. The van der Waals surface area contributed by atoms with Crippen molar-refractivity contribution in [2.45, 2.75) is 46.0 Å². The maximum Gasteiger partial charge on any atom is 0.330 e. The molecule has 0 saturated heterocycles. The first-order chi connectivity index (χ1) is 16.0. The standard InChI is InChI=1S/C26H35N3O4/c1-5-7-9-17-27-26(31)29(3)24-12-10-11-22(28-24)21-15-13-20(14-16-25(30)32-4)19-23(21)33-18-8-6-2/h10-16,19H,5-9,17-18H2,1-4H3,(H,27,31). The van der Waals surface area contributed by atoms with Crippen molar-refractivity contribution in [1.82, 2.24) is 10.3 Å². The van der Waals surface area contributed by atoms with E-state index < -0.39 is 5.97 Å². The quantitative estimate of drug-likeness (QED) is 0.263. The molecule has 0 spiro atoms. The van der Waals surface area contributed by atoms with Crippen LogP contribution in [0.25, 0.3) is 17.3 Å². The van der Waals surface area contributed by atoms with E-state index >= 15 is 0 Å². The Morgan fingerprint density at radius 2 is 1.88 bits per heavy atom. The van der Waals surface area contributed by atoms with Gasteiger partial charge >= 0.3 is 12.0 Å². The molecule has 178 valence electrons. The number of rotatable bonds is 12. The highest BCUT2D eigenvalue weighted by molar-refractivity contribution is 5.91. The third-order valence-electron chi connectivity index (χ3n) is 5.09. The van der Waals surface area contributed by atoms with E-state index in [9.17, 15) is 9.59 Å². The van der Waals surface area contributed by atoms with Crippen LogP contribution in [0.15, 0.2) is 42.5 Å². The number of nitrogens with zero attached hydrogens (tertiary/aromatic N) is 2. The van der Waals surface area contributed by atoms with E-state index in [0.717, 1.165) is 43.2 Å². The number of nitrogens with one attached hydrogen (secondary N) is 1. The Hall–Kier alpha value is -3.35. The van der Waals surface area contributed by atoms with Gasteiger partial charge in [0, 0.05) is 25.2 Å². The molecule has 0 bridgehead atoms. The summed E-state index contributed by atoms with van der Waals surface area (Å²) in [5, 5.41) is 2.93. The second kappa shape index (κ2) is 13.9. The highest BCUT2D eigenvalue weighted by atomic mass is 16.5. The Balaban J connectivity index is 2.27. The summed E-state index contributed by atoms with van der Waals surface area (Å²) in [6.45, 7) is 5.46. The molecule has 1 N–H and O–H groups in total. The Morgan fingerprint density at radius 1 is 1.09 bits per heavy atom. The molecule has 0 aliphatic rings. The number of anilines is 1. The van der Waals surface area contributed by atoms with E-state index in [1.165, 1.54) is 18.1 Å². The average Bonchev–Trinajstić information content (AvgIpc) is 2.84. The lowest BCUT2D eigenvalue weighted by atomic mass is 10.1. The molecule has 0 aliphatic heterocycles. The van der Waals surface area contributed by atoms with Crippen LogP contribution in [0.1, 0.15) is 51.5 Å². The highest BCUT2D eigenvalue weighted by Crippen LogP contribution is 2.31. The summed E-state index contributed by atoms with van der Waals surface area (Å²) >= 11 is 0. The maximum absolute atomic E-state index is 12.5. The van der Waals surface area contributed by atoms with Crippen molar-refractivity contribution < 1.29 is 19.1 Å². The summed E-state index contributed by atoms with van der Waals surface area (Å²) in [6.07, 6.45) is 8.15. The van der Waals surface area contributed by atoms with Gasteiger partial charge in [0.2, 0.25) is 0 Å². The van der Waals surface area contributed by atoms with Gasteiger partial charge in [0.25, 0.3) is 0 Å². The zero-order chi connectivity index (χ0) is 24.1. The highest BCUT2D eigenvalue weighted by Gasteiger charge is 2.14. The van der Waals surface area contributed by atoms with Crippen LogP contribution in [0.2, 0.25) is 0 Å². The minimum atomic E-state index is -0.419. The number of hydrogen-bond acceptors (Lipinski definition) is 5. The van der Waals surface area contributed by atoms with Crippen molar-refractivity contribution in [3.63, 3.8) is 0 Å². The number of pyridine rings is 1. The van der Waals surface area contributed by atoms with Crippen molar-refractivity contribution in [2.24, 2.45) is 0 Å². The molecule has 0 fully saturated rings. The van der Waals surface area contributed by atoms with E-state index in [1.54, 1.807) is 19.2 Å². The summed E-state index contributed by atoms with van der Waals surface area (Å²) in [6, 6.07) is 11.1. The van der Waals surface area contributed by atoms with Crippen LogP contribution in [0, 0.1) is 0 Å². The van der Waals surface area contributed by atoms with Crippen LogP contribution in [0.4, 0.5) is 10.6 Å². The number of ether oxygens (including phenoxy) is 2. The number of aromatic nitrogens is 1. The lowest BCUT2D eigenvalue weighted by molar-refractivity contribution is -0.134. The first-order valence-electron chi connectivity index (χ1n) is 11.5. The third-order valence-corrected chi connectivity index (χ3v) is 5.09. The molecule has 7 heteroatoms. The van der Waals surface area contributed by atoms with E-state index in [2.05, 4.69) is 23.9 Å². The zero-order valence-electron chi connectivity index (χ0n) is 20.1. The molecule has 0 radical (unpaired) electrons. The molecule has 1 aromatic heterocycles. The number of hydrogen-bond donors (Lipinski definition) is 1. The molecule has 2 rings (SSSR count). The predicted octanol–water partition coefficient (Wildman–Crippen LogP) is 5.45. The van der Waals surface area contributed by atoms with Crippen molar-refractivity contribution in [1.29, 1.82) is 0 Å². The SMILES string of the molecule is CCCCCNC(=O)N(C)c1cccc(-c2ccc(C=CC(=O)OC)cc2OCCCC)n1. The zero-order valence-corrected chi connectivity index (χ0v) is 20.1. The Labute approximate surface area is 196 Å². The molecule has 1 aromatic carbocycles. The van der Waals surface area contributed by atoms with E-state index in [1.807, 2.05) is 30.3 Å². The van der Waals surface area contributed by atoms with Crippen molar-refractivity contribution in [3.05, 3.63) is 48.0 Å². The van der Waals surface area contributed by atoms with E-state index in [4.69, 9.17) is 9.72 Å². The number of carbonyl (C=O) groups is 2. The molecule has 0 aliphatic carbocycles. The van der Waals surface area contributed by atoms with Crippen LogP contribution < -0.4 is 15.0 Å². The molecule has 0 atom stereocenters. The van der Waals surface area contributed by atoms with E-state index in [0.29, 0.717) is 30.4 Å². The summed E-state index contributed by atoms with van der Waals surface area (Å²) in [4.78, 5) is 30.2. The molecular weight excluding hydrogens is 418 g/mol. The van der Waals surface area contributed by atoms with Crippen LogP contribution in [0.3, 0.4) is 0 Å². The topological polar surface area (TPSA) is 80.8 Å². The minimum absolute atomic E-state index is 0.182. The first kappa shape index (κ1) is 25.9. The van der Waals surface area contributed by atoms with Gasteiger partial charge in [-0.05, 0) is 48.7 Å². The number of carbonyl (C=O) groups excluding carboxylic acids is 2. The summed E-state index contributed by atoms with van der Waals surface area (Å²) < 4.78 is 10.7. The second-order valence-electron chi connectivity index (χ2n) is 7.69. The van der Waals surface area contributed by atoms with E-state index in [-0.39, 0.29) is 6.03 Å². The third kappa shape index (κ3) is 8.25. The Morgan fingerprint density at radius 3 is 2.61 bits per heavy atom. The number of urea groups is 1. The lowest BCUT2D eigenvalue weighted by Crippen LogP contribution is -2.38. The maximum atomic E-state index is 12.5.